The summed E-state index contributed by atoms with van der Waals surface area (Å²) in [5.41, 5.74) is 2.64. The number of aromatic hydroxyl groups is 1. The molecule has 2 N–H and O–H groups in total. The lowest BCUT2D eigenvalue weighted by atomic mass is 9.82. The van der Waals surface area contributed by atoms with Gasteiger partial charge in [0, 0.05) is 23.0 Å². The van der Waals surface area contributed by atoms with Crippen LogP contribution in [0.4, 0.5) is 0 Å². The van der Waals surface area contributed by atoms with E-state index in [4.69, 9.17) is 4.74 Å². The van der Waals surface area contributed by atoms with E-state index in [1.54, 1.807) is 6.07 Å². The lowest BCUT2D eigenvalue weighted by Crippen LogP contribution is -2.22. The SMILES string of the molecule is COC(=O)C1CC(=O)c2c(O)ccc3[nH]c(C)c1c23. The number of Topliss-reactive ketones (excluding diaryl/α,β-unsaturated/α-hetero) is 1. The molecule has 1 aliphatic carbocycles. The first kappa shape index (κ1) is 11.8. The van der Waals surface area contributed by atoms with Crippen LogP contribution in [0.1, 0.15) is 34.0 Å². The van der Waals surface area contributed by atoms with Crippen LogP contribution in [0.5, 0.6) is 5.75 Å². The number of esters is 1. The van der Waals surface area contributed by atoms with Crippen LogP contribution in [0.15, 0.2) is 12.1 Å². The Hall–Kier alpha value is -2.30. The Bertz CT molecular complexity index is 714. The molecule has 5 heteroatoms. The number of carbonyl (C=O) groups is 2. The lowest BCUT2D eigenvalue weighted by Gasteiger charge is -2.21. The van der Waals surface area contributed by atoms with E-state index in [-0.39, 0.29) is 18.0 Å². The molecule has 0 saturated heterocycles. The molecular weight excluding hydrogens is 246 g/mol. The number of methoxy groups -OCH3 is 1. The number of ketones is 1. The second-order valence-electron chi connectivity index (χ2n) is 4.75. The van der Waals surface area contributed by atoms with Crippen LogP contribution in [-0.4, -0.2) is 29.0 Å². The van der Waals surface area contributed by atoms with Gasteiger partial charge in [-0.15, -0.1) is 0 Å². The van der Waals surface area contributed by atoms with Gasteiger partial charge in [-0.05, 0) is 24.6 Å². The van der Waals surface area contributed by atoms with E-state index < -0.39 is 11.9 Å². The molecule has 1 aromatic carbocycles. The van der Waals surface area contributed by atoms with Gasteiger partial charge >= 0.3 is 5.97 Å². The summed E-state index contributed by atoms with van der Waals surface area (Å²) in [4.78, 5) is 27.1. The van der Waals surface area contributed by atoms with Crippen LogP contribution in [0.3, 0.4) is 0 Å². The van der Waals surface area contributed by atoms with E-state index in [1.165, 1.54) is 13.2 Å². The second kappa shape index (κ2) is 3.85. The quantitative estimate of drug-likeness (QED) is 0.768. The number of benzene rings is 1. The highest BCUT2D eigenvalue weighted by Gasteiger charge is 2.36. The van der Waals surface area contributed by atoms with Crippen LogP contribution in [-0.2, 0) is 9.53 Å². The van der Waals surface area contributed by atoms with E-state index in [0.717, 1.165) is 16.8 Å². The summed E-state index contributed by atoms with van der Waals surface area (Å²) < 4.78 is 4.77. The second-order valence-corrected chi connectivity index (χ2v) is 4.75. The minimum Gasteiger partial charge on any atom is -0.507 e. The molecule has 0 saturated carbocycles. The maximum atomic E-state index is 12.2. The predicted molar refractivity (Wildman–Crippen MR) is 68.4 cm³/mol. The third kappa shape index (κ3) is 1.47. The molecule has 19 heavy (non-hydrogen) atoms. The van der Waals surface area contributed by atoms with E-state index in [9.17, 15) is 14.7 Å². The molecular formula is C14H13NO4. The van der Waals surface area contributed by atoms with E-state index in [0.29, 0.717) is 10.9 Å². The fourth-order valence-corrected chi connectivity index (χ4v) is 2.88. The summed E-state index contributed by atoms with van der Waals surface area (Å²) in [5.74, 6) is -1.29. The number of aromatic amines is 1. The zero-order valence-electron chi connectivity index (χ0n) is 10.6. The molecule has 0 aliphatic heterocycles. The summed E-state index contributed by atoms with van der Waals surface area (Å²) in [6.45, 7) is 1.85. The summed E-state index contributed by atoms with van der Waals surface area (Å²) in [7, 11) is 1.31. The zero-order valence-corrected chi connectivity index (χ0v) is 10.6. The van der Waals surface area contributed by atoms with Gasteiger partial charge in [-0.1, -0.05) is 0 Å². The van der Waals surface area contributed by atoms with E-state index in [1.807, 2.05) is 6.92 Å². The average Bonchev–Trinajstić information content (AvgIpc) is 2.72. The van der Waals surface area contributed by atoms with Crippen molar-refractivity contribution >= 4 is 22.7 Å². The van der Waals surface area contributed by atoms with Crippen molar-refractivity contribution in [3.8, 4) is 5.75 Å². The van der Waals surface area contributed by atoms with Crippen LogP contribution in [0.25, 0.3) is 10.9 Å². The Labute approximate surface area is 109 Å². The smallest absolute Gasteiger partial charge is 0.313 e. The van der Waals surface area contributed by atoms with Gasteiger partial charge in [0.05, 0.1) is 18.6 Å². The summed E-state index contributed by atoms with van der Waals surface area (Å²) >= 11 is 0. The van der Waals surface area contributed by atoms with Crippen LogP contribution in [0, 0.1) is 6.92 Å². The monoisotopic (exact) mass is 259 g/mol. The number of hydrogen-bond acceptors (Lipinski definition) is 4. The highest BCUT2D eigenvalue weighted by Crippen LogP contribution is 2.42. The molecule has 0 amide bonds. The van der Waals surface area contributed by atoms with Crippen LogP contribution in [0.2, 0.25) is 0 Å². The van der Waals surface area contributed by atoms with Gasteiger partial charge in [0.2, 0.25) is 0 Å². The minimum absolute atomic E-state index is 0.0328. The molecule has 5 nitrogen and oxygen atoms in total. The van der Waals surface area contributed by atoms with Crippen molar-refractivity contribution in [2.75, 3.05) is 7.11 Å². The molecule has 2 aromatic rings. The van der Waals surface area contributed by atoms with E-state index in [2.05, 4.69) is 4.98 Å². The number of aryl methyl sites for hydroxylation is 1. The Morgan fingerprint density at radius 3 is 2.89 bits per heavy atom. The van der Waals surface area contributed by atoms with Crippen molar-refractivity contribution in [3.05, 3.63) is 29.0 Å². The number of aromatic nitrogens is 1. The molecule has 3 rings (SSSR count). The van der Waals surface area contributed by atoms with Crippen molar-refractivity contribution < 1.29 is 19.4 Å². The number of nitrogens with one attached hydrogen (secondary N) is 1. The van der Waals surface area contributed by atoms with Crippen molar-refractivity contribution in [3.63, 3.8) is 0 Å². The number of hydrogen-bond donors (Lipinski definition) is 2. The fraction of sp³-hybridized carbons (Fsp3) is 0.286. The number of rotatable bonds is 1. The number of phenols is 1. The Morgan fingerprint density at radius 1 is 1.47 bits per heavy atom. The largest absolute Gasteiger partial charge is 0.507 e. The van der Waals surface area contributed by atoms with Crippen molar-refractivity contribution in [2.45, 2.75) is 19.3 Å². The molecule has 0 fully saturated rings. The maximum absolute atomic E-state index is 12.2. The molecule has 0 spiro atoms. The molecule has 0 radical (unpaired) electrons. The number of phenolic OH excluding ortho intramolecular Hbond substituents is 1. The topological polar surface area (TPSA) is 79.4 Å². The minimum atomic E-state index is -0.597. The van der Waals surface area contributed by atoms with Gasteiger partial charge < -0.3 is 14.8 Å². The molecule has 1 unspecified atom stereocenters. The average molecular weight is 259 g/mol. The van der Waals surface area contributed by atoms with Gasteiger partial charge in [0.15, 0.2) is 5.78 Å². The van der Waals surface area contributed by atoms with Crippen molar-refractivity contribution in [1.82, 2.24) is 4.98 Å². The third-order valence-corrected chi connectivity index (χ3v) is 3.68. The summed E-state index contributed by atoms with van der Waals surface area (Å²) in [6, 6.07) is 3.20. The number of carbonyl (C=O) groups excluding carboxylic acids is 2. The summed E-state index contributed by atoms with van der Waals surface area (Å²) in [5, 5.41) is 10.5. The van der Waals surface area contributed by atoms with Gasteiger partial charge in [0.1, 0.15) is 5.75 Å². The van der Waals surface area contributed by atoms with Gasteiger partial charge in [0.25, 0.3) is 0 Å². The van der Waals surface area contributed by atoms with Gasteiger partial charge in [-0.3, -0.25) is 9.59 Å². The Kier molecular flexibility index (Phi) is 2.38. The highest BCUT2D eigenvalue weighted by atomic mass is 16.5. The van der Waals surface area contributed by atoms with E-state index >= 15 is 0 Å². The fourth-order valence-electron chi connectivity index (χ4n) is 2.88. The normalized spacial score (nSPS) is 17.8. The Morgan fingerprint density at radius 2 is 2.21 bits per heavy atom. The molecule has 0 bridgehead atoms. The highest BCUT2D eigenvalue weighted by molar-refractivity contribution is 6.16. The standard InChI is InChI=1S/C14H13NO4/c1-6-11-7(14(18)19-2)5-10(17)13-9(16)4-3-8(15-6)12(11)13/h3-4,7,15-16H,5H2,1-2H3. The predicted octanol–water partition coefficient (Wildman–Crippen LogP) is 2.02. The van der Waals surface area contributed by atoms with Crippen LogP contribution >= 0.6 is 0 Å². The molecule has 98 valence electrons. The first-order chi connectivity index (χ1) is 9.04. The van der Waals surface area contributed by atoms with Gasteiger partial charge in [-0.2, -0.15) is 0 Å². The van der Waals surface area contributed by atoms with Crippen LogP contribution < -0.4 is 0 Å². The molecule has 1 aliphatic rings. The van der Waals surface area contributed by atoms with Gasteiger partial charge in [-0.25, -0.2) is 0 Å². The van der Waals surface area contributed by atoms with Crippen molar-refractivity contribution in [2.24, 2.45) is 0 Å². The molecule has 1 heterocycles. The lowest BCUT2D eigenvalue weighted by molar-refractivity contribution is -0.142. The Balaban J connectivity index is 2.39. The molecule has 1 atom stereocenters. The molecule has 1 aromatic heterocycles. The first-order valence-electron chi connectivity index (χ1n) is 5.99. The first-order valence-corrected chi connectivity index (χ1v) is 5.99. The van der Waals surface area contributed by atoms with Crippen molar-refractivity contribution in [1.29, 1.82) is 0 Å². The summed E-state index contributed by atoms with van der Waals surface area (Å²) in [6.07, 6.45) is 0.0328. The third-order valence-electron chi connectivity index (χ3n) is 3.68. The zero-order chi connectivity index (χ0) is 13.7. The maximum Gasteiger partial charge on any atom is 0.313 e. The number of ether oxygens (including phenoxy) is 1. The number of H-pyrrole nitrogens is 1.